The number of anilines is 2. The second-order valence-electron chi connectivity index (χ2n) is 9.62. The van der Waals surface area contributed by atoms with Crippen LogP contribution in [0.25, 0.3) is 11.3 Å². The summed E-state index contributed by atoms with van der Waals surface area (Å²) in [5.74, 6) is 0.0280. The number of sulfonamides is 1. The predicted octanol–water partition coefficient (Wildman–Crippen LogP) is 3.86. The minimum absolute atomic E-state index is 0.0138. The van der Waals surface area contributed by atoms with Gasteiger partial charge in [0, 0.05) is 24.7 Å². The average molecular weight is 528 g/mol. The van der Waals surface area contributed by atoms with E-state index >= 15 is 0 Å². The molecule has 3 heterocycles. The number of nitrogens with zero attached hydrogens (tertiary/aromatic N) is 3. The van der Waals surface area contributed by atoms with Crippen LogP contribution in [0, 0.1) is 17.7 Å². The van der Waals surface area contributed by atoms with Gasteiger partial charge in [-0.15, -0.1) is 0 Å². The molecular formula is C26H30FN5O4S. The molecule has 1 saturated heterocycles. The van der Waals surface area contributed by atoms with Crippen molar-refractivity contribution in [3.63, 3.8) is 0 Å². The molecule has 1 aromatic carbocycles. The minimum atomic E-state index is -4.27. The first-order valence-corrected chi connectivity index (χ1v) is 13.5. The Morgan fingerprint density at radius 1 is 1.22 bits per heavy atom. The molecule has 4 rings (SSSR count). The van der Waals surface area contributed by atoms with E-state index in [0.29, 0.717) is 48.4 Å². The molecule has 0 radical (unpaired) electrons. The quantitative estimate of drug-likeness (QED) is 0.452. The van der Waals surface area contributed by atoms with E-state index in [9.17, 15) is 17.6 Å². The Labute approximate surface area is 215 Å². The second kappa shape index (κ2) is 10.7. The Hall–Kier alpha value is -3.73. The lowest BCUT2D eigenvalue weighted by molar-refractivity contribution is 0.0981. The lowest BCUT2D eigenvalue weighted by Gasteiger charge is -2.21. The number of hydrogen-bond acceptors (Lipinski definition) is 8. The molecule has 196 valence electrons. The molecule has 0 aliphatic carbocycles. The Bertz CT molecular complexity index is 1410. The molecule has 0 unspecified atom stereocenters. The molecule has 1 atom stereocenters. The summed E-state index contributed by atoms with van der Waals surface area (Å²) in [4.78, 5) is 23.6. The molecule has 37 heavy (non-hydrogen) atoms. The number of aromatic nitrogens is 2. The summed E-state index contributed by atoms with van der Waals surface area (Å²) in [7, 11) is -4.27. The summed E-state index contributed by atoms with van der Waals surface area (Å²) in [6, 6.07) is 11.5. The van der Waals surface area contributed by atoms with Crippen molar-refractivity contribution in [2.24, 2.45) is 11.8 Å². The van der Waals surface area contributed by atoms with Gasteiger partial charge in [0.2, 0.25) is 0 Å². The molecule has 0 saturated carbocycles. The molecule has 1 aliphatic heterocycles. The van der Waals surface area contributed by atoms with Crippen molar-refractivity contribution in [2.45, 2.75) is 32.2 Å². The molecule has 0 bridgehead atoms. The van der Waals surface area contributed by atoms with E-state index in [-0.39, 0.29) is 22.3 Å². The van der Waals surface area contributed by atoms with Gasteiger partial charge in [-0.2, -0.15) is 8.42 Å². The fraction of sp³-hybridized carbons (Fsp3) is 0.346. The van der Waals surface area contributed by atoms with Crippen molar-refractivity contribution in [1.29, 1.82) is 0 Å². The van der Waals surface area contributed by atoms with Gasteiger partial charge in [0.05, 0.1) is 17.9 Å². The number of nitrogens with two attached hydrogens (primary N) is 1. The zero-order chi connectivity index (χ0) is 26.7. The molecule has 9 nitrogen and oxygen atoms in total. The summed E-state index contributed by atoms with van der Waals surface area (Å²) >= 11 is 0. The molecule has 3 aromatic rings. The SMILES string of the molecule is CC(C)COc1cc(F)cc(-c2ccc(C(=O)NS(=O)(=O)c3cccc(N)n3)c(N3CC[C@@H](C)C3)n2)c1. The Morgan fingerprint density at radius 2 is 2.00 bits per heavy atom. The number of carbonyl (C=O) groups excluding carboxylic acids is 1. The van der Waals surface area contributed by atoms with Crippen molar-refractivity contribution in [1.82, 2.24) is 14.7 Å². The molecule has 1 aliphatic rings. The molecule has 3 N–H and O–H groups in total. The monoisotopic (exact) mass is 527 g/mol. The van der Waals surface area contributed by atoms with Crippen LogP contribution in [-0.4, -0.2) is 44.0 Å². The highest BCUT2D eigenvalue weighted by molar-refractivity contribution is 7.90. The molecule has 0 spiro atoms. The first-order chi connectivity index (χ1) is 17.5. The maximum absolute atomic E-state index is 14.4. The number of ether oxygens (including phenoxy) is 1. The Balaban J connectivity index is 1.70. The highest BCUT2D eigenvalue weighted by Gasteiger charge is 2.28. The molecule has 1 fully saturated rings. The first-order valence-electron chi connectivity index (χ1n) is 12.0. The van der Waals surface area contributed by atoms with E-state index in [2.05, 4.69) is 21.6 Å². The summed E-state index contributed by atoms with van der Waals surface area (Å²) < 4.78 is 47.7. The van der Waals surface area contributed by atoms with Crippen molar-refractivity contribution in [3.8, 4) is 17.0 Å². The number of carbonyl (C=O) groups is 1. The zero-order valence-electron chi connectivity index (χ0n) is 20.9. The van der Waals surface area contributed by atoms with Crippen LogP contribution in [0.5, 0.6) is 5.75 Å². The maximum atomic E-state index is 14.4. The highest BCUT2D eigenvalue weighted by atomic mass is 32.2. The van der Waals surface area contributed by atoms with E-state index in [1.54, 1.807) is 12.1 Å². The van der Waals surface area contributed by atoms with Crippen LogP contribution in [0.4, 0.5) is 16.0 Å². The highest BCUT2D eigenvalue weighted by Crippen LogP contribution is 2.31. The number of benzene rings is 1. The lowest BCUT2D eigenvalue weighted by atomic mass is 10.1. The standard InChI is InChI=1S/C26H30FN5O4S/c1-16(2)15-36-20-12-18(11-19(27)13-20)22-8-7-21(25(29-22)32-10-9-17(3)14-32)26(33)31-37(34,35)24-6-4-5-23(28)30-24/h4-8,11-13,16-17H,9-10,14-15H2,1-3H3,(H2,28,30)(H,31,33)/t17-/m1/s1. The van der Waals surface area contributed by atoms with Gasteiger partial charge in [0.15, 0.2) is 5.03 Å². The topological polar surface area (TPSA) is 128 Å². The molecular weight excluding hydrogens is 497 g/mol. The van der Waals surface area contributed by atoms with Crippen LogP contribution in [0.2, 0.25) is 0 Å². The summed E-state index contributed by atoms with van der Waals surface area (Å²) in [5, 5.41) is -0.365. The van der Waals surface area contributed by atoms with Gasteiger partial charge in [-0.25, -0.2) is 19.1 Å². The van der Waals surface area contributed by atoms with E-state index in [1.807, 2.05) is 18.7 Å². The van der Waals surface area contributed by atoms with Gasteiger partial charge < -0.3 is 15.4 Å². The Kier molecular flexibility index (Phi) is 7.63. The van der Waals surface area contributed by atoms with Crippen molar-refractivity contribution >= 4 is 27.6 Å². The number of amides is 1. The largest absolute Gasteiger partial charge is 0.493 e. The van der Waals surface area contributed by atoms with Crippen LogP contribution >= 0.6 is 0 Å². The number of hydrogen-bond donors (Lipinski definition) is 2. The van der Waals surface area contributed by atoms with Gasteiger partial charge in [0.1, 0.15) is 23.2 Å². The Morgan fingerprint density at radius 3 is 2.68 bits per heavy atom. The van der Waals surface area contributed by atoms with Crippen molar-refractivity contribution in [2.75, 3.05) is 30.3 Å². The third kappa shape index (κ3) is 6.34. The van der Waals surface area contributed by atoms with Gasteiger partial charge in [-0.1, -0.05) is 26.8 Å². The van der Waals surface area contributed by atoms with E-state index in [4.69, 9.17) is 10.5 Å². The average Bonchev–Trinajstić information content (AvgIpc) is 3.28. The number of rotatable bonds is 8. The van der Waals surface area contributed by atoms with Crippen LogP contribution in [0.15, 0.2) is 53.6 Å². The van der Waals surface area contributed by atoms with E-state index in [1.165, 1.54) is 36.4 Å². The van der Waals surface area contributed by atoms with Crippen molar-refractivity contribution in [3.05, 3.63) is 59.9 Å². The smallest absolute Gasteiger partial charge is 0.281 e. The summed E-state index contributed by atoms with van der Waals surface area (Å²) in [5.41, 5.74) is 6.60. The third-order valence-electron chi connectivity index (χ3n) is 5.84. The number of pyridine rings is 2. The lowest BCUT2D eigenvalue weighted by Crippen LogP contribution is -2.33. The van der Waals surface area contributed by atoms with Crippen LogP contribution in [0.3, 0.4) is 0 Å². The first kappa shape index (κ1) is 26.3. The summed E-state index contributed by atoms with van der Waals surface area (Å²) in [6.45, 7) is 7.81. The van der Waals surface area contributed by atoms with Gasteiger partial charge in [-0.05, 0) is 54.7 Å². The normalized spacial score (nSPS) is 15.7. The number of nitrogen functional groups attached to an aromatic ring is 1. The van der Waals surface area contributed by atoms with Crippen LogP contribution < -0.4 is 20.1 Å². The molecule has 11 heteroatoms. The number of halogens is 1. The van der Waals surface area contributed by atoms with Gasteiger partial charge in [-0.3, -0.25) is 4.79 Å². The van der Waals surface area contributed by atoms with E-state index in [0.717, 1.165) is 6.42 Å². The summed E-state index contributed by atoms with van der Waals surface area (Å²) in [6.07, 6.45) is 0.894. The van der Waals surface area contributed by atoms with Crippen LogP contribution in [-0.2, 0) is 10.0 Å². The van der Waals surface area contributed by atoms with Crippen LogP contribution in [0.1, 0.15) is 37.6 Å². The number of nitrogens with one attached hydrogen (secondary N) is 1. The fourth-order valence-corrected chi connectivity index (χ4v) is 4.96. The van der Waals surface area contributed by atoms with Gasteiger partial charge in [0.25, 0.3) is 15.9 Å². The predicted molar refractivity (Wildman–Crippen MR) is 139 cm³/mol. The minimum Gasteiger partial charge on any atom is -0.493 e. The second-order valence-corrected chi connectivity index (χ2v) is 11.3. The fourth-order valence-electron chi connectivity index (χ4n) is 4.02. The van der Waals surface area contributed by atoms with E-state index < -0.39 is 21.7 Å². The van der Waals surface area contributed by atoms with Gasteiger partial charge >= 0.3 is 0 Å². The van der Waals surface area contributed by atoms with Crippen molar-refractivity contribution < 1.29 is 22.3 Å². The third-order valence-corrected chi connectivity index (χ3v) is 7.07. The zero-order valence-corrected chi connectivity index (χ0v) is 21.8. The molecule has 1 amide bonds. The molecule has 2 aromatic heterocycles. The maximum Gasteiger partial charge on any atom is 0.281 e.